The van der Waals surface area contributed by atoms with Crippen LogP contribution in [0.2, 0.25) is 0 Å². The number of piperidine rings is 1. The summed E-state index contributed by atoms with van der Waals surface area (Å²) in [6.45, 7) is 1.66. The molecule has 0 aromatic carbocycles. The number of aromatic amines is 1. The molecule has 2 aliphatic heterocycles. The van der Waals surface area contributed by atoms with Gasteiger partial charge in [-0.05, 0) is 13.3 Å². The minimum absolute atomic E-state index is 0.0119. The van der Waals surface area contributed by atoms with Crippen molar-refractivity contribution in [2.45, 2.75) is 56.5 Å². The van der Waals surface area contributed by atoms with Crippen LogP contribution in [-0.4, -0.2) is 86.7 Å². The Morgan fingerprint density at radius 3 is 2.38 bits per heavy atom. The van der Waals surface area contributed by atoms with Crippen molar-refractivity contribution in [2.24, 2.45) is 0 Å². The number of hydrogen-bond donors (Lipinski definition) is 2. The van der Waals surface area contributed by atoms with Crippen LogP contribution in [0.3, 0.4) is 0 Å². The van der Waals surface area contributed by atoms with Crippen molar-refractivity contribution in [1.82, 2.24) is 25.1 Å². The SMILES string of the molecule is CC(CO[C@@H]1CCN([C@H]2CCN(c3ncc(C(F)(F)F)cn3)C[C@H]2O)C1=O)Oc1cn[nH]c(=O)c1C(F)(F)F. The Balaban J connectivity index is 1.30. The highest BCUT2D eigenvalue weighted by atomic mass is 19.4. The zero-order valence-corrected chi connectivity index (χ0v) is 20.4. The van der Waals surface area contributed by atoms with E-state index in [1.54, 1.807) is 5.10 Å². The summed E-state index contributed by atoms with van der Waals surface area (Å²) < 4.78 is 88.6. The first-order chi connectivity index (χ1) is 18.3. The number of nitrogens with one attached hydrogen (secondary N) is 1. The molecule has 4 atom stereocenters. The second-order valence-electron chi connectivity index (χ2n) is 9.15. The van der Waals surface area contributed by atoms with E-state index in [0.717, 1.165) is 6.20 Å². The van der Waals surface area contributed by atoms with Gasteiger partial charge in [-0.15, -0.1) is 0 Å². The maximum Gasteiger partial charge on any atom is 0.425 e. The van der Waals surface area contributed by atoms with Crippen LogP contribution in [0.4, 0.5) is 32.3 Å². The highest BCUT2D eigenvalue weighted by Crippen LogP contribution is 2.33. The molecule has 2 aromatic heterocycles. The van der Waals surface area contributed by atoms with Crippen molar-refractivity contribution in [2.75, 3.05) is 31.1 Å². The number of amides is 1. The number of H-pyrrole nitrogens is 1. The molecular formula is C22H24F6N6O5. The molecule has 214 valence electrons. The minimum Gasteiger partial charge on any atom is -0.486 e. The lowest BCUT2D eigenvalue weighted by molar-refractivity contribution is -0.143. The zero-order chi connectivity index (χ0) is 28.5. The molecular weight excluding hydrogens is 542 g/mol. The molecule has 1 unspecified atom stereocenters. The van der Waals surface area contributed by atoms with E-state index in [9.17, 15) is 41.0 Å². The predicted octanol–water partition coefficient (Wildman–Crippen LogP) is 1.62. The Labute approximate surface area is 216 Å². The Hall–Kier alpha value is -3.47. The van der Waals surface area contributed by atoms with Gasteiger partial charge in [0.1, 0.15) is 12.2 Å². The van der Waals surface area contributed by atoms with Crippen molar-refractivity contribution < 1.29 is 45.7 Å². The molecule has 0 radical (unpaired) electrons. The molecule has 39 heavy (non-hydrogen) atoms. The van der Waals surface area contributed by atoms with Crippen molar-refractivity contribution in [3.8, 4) is 5.75 Å². The lowest BCUT2D eigenvalue weighted by atomic mass is 10.0. The Morgan fingerprint density at radius 2 is 1.77 bits per heavy atom. The van der Waals surface area contributed by atoms with E-state index in [1.807, 2.05) is 0 Å². The fourth-order valence-corrected chi connectivity index (χ4v) is 4.50. The van der Waals surface area contributed by atoms with Gasteiger partial charge in [-0.2, -0.15) is 31.4 Å². The maximum absolute atomic E-state index is 13.2. The number of nitrogens with zero attached hydrogens (tertiary/aromatic N) is 5. The van der Waals surface area contributed by atoms with E-state index in [-0.39, 0.29) is 38.6 Å². The van der Waals surface area contributed by atoms with Gasteiger partial charge in [-0.1, -0.05) is 0 Å². The fraction of sp³-hybridized carbons (Fsp3) is 0.591. The second-order valence-corrected chi connectivity index (χ2v) is 9.15. The molecule has 0 spiro atoms. The largest absolute Gasteiger partial charge is 0.486 e. The molecule has 11 nitrogen and oxygen atoms in total. The molecule has 2 fully saturated rings. The number of aromatic nitrogens is 4. The average molecular weight is 566 g/mol. The molecule has 1 amide bonds. The summed E-state index contributed by atoms with van der Waals surface area (Å²) in [5, 5.41) is 15.7. The van der Waals surface area contributed by atoms with E-state index in [4.69, 9.17) is 9.47 Å². The number of hydrogen-bond acceptors (Lipinski definition) is 9. The molecule has 2 aliphatic rings. The van der Waals surface area contributed by atoms with Gasteiger partial charge in [0.2, 0.25) is 5.95 Å². The van der Waals surface area contributed by atoms with Crippen molar-refractivity contribution in [1.29, 1.82) is 0 Å². The number of β-amino-alcohol motifs (C(OH)–C–C–N with tert-alkyl or cyclic N) is 1. The number of anilines is 1. The number of halogens is 6. The van der Waals surface area contributed by atoms with Crippen LogP contribution in [-0.2, 0) is 21.9 Å². The molecule has 0 aliphatic carbocycles. The molecule has 0 bridgehead atoms. The van der Waals surface area contributed by atoms with Crippen LogP contribution in [0.15, 0.2) is 23.4 Å². The summed E-state index contributed by atoms with van der Waals surface area (Å²) >= 11 is 0. The van der Waals surface area contributed by atoms with Gasteiger partial charge >= 0.3 is 12.4 Å². The third kappa shape index (κ3) is 6.41. The molecule has 17 heteroatoms. The number of rotatable bonds is 7. The Morgan fingerprint density at radius 1 is 1.08 bits per heavy atom. The van der Waals surface area contributed by atoms with Crippen molar-refractivity contribution in [3.63, 3.8) is 0 Å². The fourth-order valence-electron chi connectivity index (χ4n) is 4.50. The normalized spacial score (nSPS) is 23.3. The van der Waals surface area contributed by atoms with E-state index in [0.29, 0.717) is 18.8 Å². The van der Waals surface area contributed by atoms with Gasteiger partial charge in [-0.3, -0.25) is 9.59 Å². The van der Waals surface area contributed by atoms with Gasteiger partial charge in [-0.25, -0.2) is 15.1 Å². The first kappa shape index (κ1) is 28.5. The number of carbonyl (C=O) groups excluding carboxylic acids is 1. The molecule has 2 aromatic rings. The lowest BCUT2D eigenvalue weighted by Gasteiger charge is -2.40. The summed E-state index contributed by atoms with van der Waals surface area (Å²) in [7, 11) is 0. The average Bonchev–Trinajstić information content (AvgIpc) is 3.21. The van der Waals surface area contributed by atoms with Gasteiger partial charge in [0, 0.05) is 38.4 Å². The van der Waals surface area contributed by atoms with Crippen LogP contribution >= 0.6 is 0 Å². The number of alkyl halides is 6. The van der Waals surface area contributed by atoms with Crippen molar-refractivity contribution in [3.05, 3.63) is 40.1 Å². The van der Waals surface area contributed by atoms with E-state index in [1.165, 1.54) is 16.7 Å². The third-order valence-electron chi connectivity index (χ3n) is 6.35. The van der Waals surface area contributed by atoms with Crippen LogP contribution in [0.25, 0.3) is 0 Å². The number of likely N-dealkylation sites (tertiary alicyclic amines) is 1. The second kappa shape index (κ2) is 11.0. The van der Waals surface area contributed by atoms with Crippen molar-refractivity contribution >= 4 is 11.9 Å². The van der Waals surface area contributed by atoms with Crippen LogP contribution in [0.5, 0.6) is 5.75 Å². The van der Waals surface area contributed by atoms with Crippen LogP contribution in [0.1, 0.15) is 30.9 Å². The molecule has 4 heterocycles. The van der Waals surface area contributed by atoms with Gasteiger partial charge in [0.05, 0.1) is 30.5 Å². The first-order valence-corrected chi connectivity index (χ1v) is 11.8. The molecule has 2 N–H and O–H groups in total. The summed E-state index contributed by atoms with van der Waals surface area (Å²) in [5.74, 6) is -1.17. The molecule has 2 saturated heterocycles. The Kier molecular flexibility index (Phi) is 8.02. The molecule has 4 rings (SSSR count). The number of carbonyl (C=O) groups is 1. The summed E-state index contributed by atoms with van der Waals surface area (Å²) in [5.41, 5.74) is -3.98. The maximum atomic E-state index is 13.2. The highest BCUT2D eigenvalue weighted by molar-refractivity contribution is 5.83. The summed E-state index contributed by atoms with van der Waals surface area (Å²) in [6.07, 6.45) is -9.86. The minimum atomic E-state index is -4.97. The van der Waals surface area contributed by atoms with Gasteiger partial charge in [0.25, 0.3) is 11.5 Å². The standard InChI is InChI=1S/C22H24F6N6O5/c1-11(39-16-8-31-32-18(36)17(16)22(26,27)28)10-38-15-3-5-34(19(15)37)13-2-4-33(9-14(13)35)20-29-6-12(7-30-20)21(23,24)25/h6-8,11,13-15,35H,2-5,9-10H2,1H3,(H,32,36)/t11?,13-,14+,15+/m0/s1. The first-order valence-electron chi connectivity index (χ1n) is 11.8. The quantitative estimate of drug-likeness (QED) is 0.480. The number of ether oxygens (including phenoxy) is 2. The predicted molar refractivity (Wildman–Crippen MR) is 120 cm³/mol. The highest BCUT2D eigenvalue weighted by Gasteiger charge is 2.42. The summed E-state index contributed by atoms with van der Waals surface area (Å²) in [4.78, 5) is 34.9. The zero-order valence-electron chi connectivity index (χ0n) is 20.4. The van der Waals surface area contributed by atoms with Gasteiger partial charge < -0.3 is 24.4 Å². The van der Waals surface area contributed by atoms with Gasteiger partial charge in [0.15, 0.2) is 11.3 Å². The summed E-state index contributed by atoms with van der Waals surface area (Å²) in [6, 6.07) is -0.582. The monoisotopic (exact) mass is 566 g/mol. The van der Waals surface area contributed by atoms with E-state index >= 15 is 0 Å². The number of aliphatic hydroxyl groups excluding tert-OH is 1. The Bertz CT molecular complexity index is 1220. The third-order valence-corrected chi connectivity index (χ3v) is 6.35. The van der Waals surface area contributed by atoms with E-state index < -0.39 is 65.0 Å². The lowest BCUT2D eigenvalue weighted by Crippen LogP contribution is -2.55. The van der Waals surface area contributed by atoms with Crippen LogP contribution < -0.4 is 15.2 Å². The number of aliphatic hydroxyl groups is 1. The topological polar surface area (TPSA) is 134 Å². The molecule has 0 saturated carbocycles. The van der Waals surface area contributed by atoms with Crippen LogP contribution in [0, 0.1) is 0 Å². The smallest absolute Gasteiger partial charge is 0.425 e. The van der Waals surface area contributed by atoms with E-state index in [2.05, 4.69) is 15.1 Å².